The Morgan fingerprint density at radius 3 is 2.74 bits per heavy atom. The van der Waals surface area contributed by atoms with Gasteiger partial charge in [-0.1, -0.05) is 11.6 Å². The minimum absolute atomic E-state index is 0.104. The molecule has 0 bridgehead atoms. The zero-order chi connectivity index (χ0) is 14.0. The van der Waals surface area contributed by atoms with E-state index in [1.54, 1.807) is 24.3 Å². The number of nitrogen functional groups attached to an aromatic ring is 1. The molecule has 0 atom stereocenters. The van der Waals surface area contributed by atoms with Crippen molar-refractivity contribution in [2.24, 2.45) is 0 Å². The topological polar surface area (TPSA) is 52.3 Å². The first-order chi connectivity index (χ1) is 9.02. The van der Waals surface area contributed by atoms with Gasteiger partial charge in [-0.15, -0.1) is 11.3 Å². The van der Waals surface area contributed by atoms with Crippen LogP contribution in [0.3, 0.4) is 0 Å². The summed E-state index contributed by atoms with van der Waals surface area (Å²) in [7, 11) is 0. The number of anilines is 1. The Morgan fingerprint density at radius 1 is 1.47 bits per heavy atom. The Labute approximate surface area is 128 Å². The number of ketones is 1. The Morgan fingerprint density at radius 2 is 2.21 bits per heavy atom. The molecule has 0 spiro atoms. The van der Waals surface area contributed by atoms with Crippen LogP contribution in [0.2, 0.25) is 4.34 Å². The van der Waals surface area contributed by atoms with Gasteiger partial charge in [0.15, 0.2) is 0 Å². The van der Waals surface area contributed by atoms with Gasteiger partial charge in [-0.25, -0.2) is 0 Å². The number of carbonyl (C=O) groups is 1. The van der Waals surface area contributed by atoms with Crippen molar-refractivity contribution in [1.82, 2.24) is 0 Å². The molecule has 0 aliphatic carbocycles. The van der Waals surface area contributed by atoms with Crippen LogP contribution in [0.4, 0.5) is 5.69 Å². The van der Waals surface area contributed by atoms with Gasteiger partial charge >= 0.3 is 0 Å². The molecule has 0 aliphatic rings. The van der Waals surface area contributed by atoms with E-state index in [1.165, 1.54) is 11.3 Å². The maximum absolute atomic E-state index is 12.3. The first-order valence-corrected chi connectivity index (χ1v) is 7.53. The number of ether oxygens (including phenoxy) is 1. The number of carbonyl (C=O) groups excluding carboxylic acids is 1. The second-order valence-electron chi connectivity index (χ2n) is 3.75. The van der Waals surface area contributed by atoms with Crippen molar-refractivity contribution in [2.45, 2.75) is 6.92 Å². The highest BCUT2D eigenvalue weighted by Crippen LogP contribution is 2.33. The molecule has 0 amide bonds. The zero-order valence-corrected chi connectivity index (χ0v) is 13.2. The number of halogens is 2. The third kappa shape index (κ3) is 3.11. The lowest BCUT2D eigenvalue weighted by atomic mass is 10.1. The summed E-state index contributed by atoms with van der Waals surface area (Å²) in [5.41, 5.74) is 6.82. The molecule has 1 aromatic heterocycles. The van der Waals surface area contributed by atoms with Crippen LogP contribution in [0.25, 0.3) is 0 Å². The van der Waals surface area contributed by atoms with E-state index in [0.717, 1.165) is 4.47 Å². The highest BCUT2D eigenvalue weighted by atomic mass is 79.9. The van der Waals surface area contributed by atoms with E-state index < -0.39 is 0 Å². The molecule has 2 rings (SSSR count). The number of benzene rings is 1. The van der Waals surface area contributed by atoms with Crippen LogP contribution in [0.15, 0.2) is 28.7 Å². The molecule has 100 valence electrons. The van der Waals surface area contributed by atoms with Crippen molar-refractivity contribution in [3.8, 4) is 5.75 Å². The van der Waals surface area contributed by atoms with Crippen molar-refractivity contribution in [1.29, 1.82) is 0 Å². The molecule has 2 aromatic rings. The second-order valence-corrected chi connectivity index (χ2v) is 6.26. The van der Waals surface area contributed by atoms with Crippen LogP contribution in [-0.4, -0.2) is 12.4 Å². The van der Waals surface area contributed by atoms with Crippen LogP contribution in [0, 0.1) is 0 Å². The van der Waals surface area contributed by atoms with Crippen LogP contribution in [0.1, 0.15) is 22.2 Å². The Bertz CT molecular complexity index is 608. The van der Waals surface area contributed by atoms with Gasteiger partial charge in [0, 0.05) is 10.0 Å². The van der Waals surface area contributed by atoms with E-state index in [2.05, 4.69) is 15.9 Å². The largest absolute Gasteiger partial charge is 0.492 e. The Balaban J connectivity index is 2.31. The van der Waals surface area contributed by atoms with Crippen molar-refractivity contribution >= 4 is 50.3 Å². The summed E-state index contributed by atoms with van der Waals surface area (Å²) in [5.74, 6) is 0.483. The maximum Gasteiger partial charge on any atom is 0.203 e. The lowest BCUT2D eigenvalue weighted by molar-refractivity contribution is 0.104. The highest BCUT2D eigenvalue weighted by molar-refractivity contribution is 9.10. The van der Waals surface area contributed by atoms with Gasteiger partial charge in [0.2, 0.25) is 5.78 Å². The molecule has 1 heterocycles. The summed E-state index contributed by atoms with van der Waals surface area (Å²) in [4.78, 5) is 12.8. The molecule has 0 unspecified atom stereocenters. The molecular formula is C13H11BrClNO2S. The average Bonchev–Trinajstić information content (AvgIpc) is 2.71. The highest BCUT2D eigenvalue weighted by Gasteiger charge is 2.15. The number of thiophene rings is 1. The van der Waals surface area contributed by atoms with E-state index in [4.69, 9.17) is 22.1 Å². The van der Waals surface area contributed by atoms with Crippen molar-refractivity contribution in [2.75, 3.05) is 12.3 Å². The molecule has 6 heteroatoms. The van der Waals surface area contributed by atoms with Crippen LogP contribution >= 0.6 is 38.9 Å². The fraction of sp³-hybridized carbons (Fsp3) is 0.154. The molecular weight excluding hydrogens is 350 g/mol. The monoisotopic (exact) mass is 359 g/mol. The third-order valence-electron chi connectivity index (χ3n) is 2.44. The summed E-state index contributed by atoms with van der Waals surface area (Å²) in [6, 6.07) is 6.73. The molecule has 0 saturated heterocycles. The summed E-state index contributed by atoms with van der Waals surface area (Å²) in [5, 5.41) is 0. The van der Waals surface area contributed by atoms with Gasteiger partial charge in [-0.3, -0.25) is 4.79 Å². The molecule has 0 fully saturated rings. The molecule has 0 saturated carbocycles. The first-order valence-electron chi connectivity index (χ1n) is 5.54. The van der Waals surface area contributed by atoms with Crippen LogP contribution in [0.5, 0.6) is 5.75 Å². The molecule has 1 aromatic carbocycles. The molecule has 2 N–H and O–H groups in total. The van der Waals surface area contributed by atoms with Crippen LogP contribution < -0.4 is 10.5 Å². The summed E-state index contributed by atoms with van der Waals surface area (Å²) in [6.45, 7) is 2.41. The Kier molecular flexibility index (Phi) is 4.50. The predicted molar refractivity (Wildman–Crippen MR) is 82.5 cm³/mol. The van der Waals surface area contributed by atoms with Crippen molar-refractivity contribution in [3.63, 3.8) is 0 Å². The summed E-state index contributed by atoms with van der Waals surface area (Å²) in [6.07, 6.45) is 0. The summed E-state index contributed by atoms with van der Waals surface area (Å²) >= 11 is 10.5. The number of hydrogen-bond donors (Lipinski definition) is 1. The smallest absolute Gasteiger partial charge is 0.203 e. The van der Waals surface area contributed by atoms with E-state index >= 15 is 0 Å². The van der Waals surface area contributed by atoms with E-state index in [-0.39, 0.29) is 5.78 Å². The van der Waals surface area contributed by atoms with Gasteiger partial charge in [0.05, 0.1) is 17.2 Å². The minimum atomic E-state index is -0.104. The number of rotatable bonds is 4. The van der Waals surface area contributed by atoms with E-state index in [0.29, 0.717) is 32.8 Å². The first kappa shape index (κ1) is 14.4. The minimum Gasteiger partial charge on any atom is -0.492 e. The van der Waals surface area contributed by atoms with Crippen molar-refractivity contribution in [3.05, 3.63) is 43.5 Å². The molecule has 3 nitrogen and oxygen atoms in total. The van der Waals surface area contributed by atoms with E-state index in [1.807, 2.05) is 6.92 Å². The fourth-order valence-electron chi connectivity index (χ4n) is 1.58. The van der Waals surface area contributed by atoms with E-state index in [9.17, 15) is 4.79 Å². The SMILES string of the molecule is CCOc1ccc(C(=O)c2cc(Br)c(Cl)s2)cc1N. The standard InChI is InChI=1S/C13H11BrClNO2S/c1-2-18-10-4-3-7(5-9(10)16)12(17)11-6-8(14)13(15)19-11/h3-6H,2,16H2,1H3. The summed E-state index contributed by atoms with van der Waals surface area (Å²) < 4.78 is 6.62. The van der Waals surface area contributed by atoms with Gasteiger partial charge in [0.1, 0.15) is 10.1 Å². The van der Waals surface area contributed by atoms with Gasteiger partial charge in [-0.2, -0.15) is 0 Å². The fourth-order valence-corrected chi connectivity index (χ4v) is 3.24. The van der Waals surface area contributed by atoms with Crippen LogP contribution in [-0.2, 0) is 0 Å². The molecule has 0 aliphatic heterocycles. The molecule has 19 heavy (non-hydrogen) atoms. The van der Waals surface area contributed by atoms with Gasteiger partial charge in [-0.05, 0) is 47.1 Å². The Hall–Kier alpha value is -1.04. The predicted octanol–water partition coefficient (Wildman–Crippen LogP) is 4.38. The quantitative estimate of drug-likeness (QED) is 0.650. The van der Waals surface area contributed by atoms with Gasteiger partial charge < -0.3 is 10.5 Å². The second kappa shape index (κ2) is 5.94. The lowest BCUT2D eigenvalue weighted by Gasteiger charge is -2.07. The number of nitrogens with two attached hydrogens (primary N) is 1. The van der Waals surface area contributed by atoms with Crippen molar-refractivity contribution < 1.29 is 9.53 Å². The van der Waals surface area contributed by atoms with Gasteiger partial charge in [0.25, 0.3) is 0 Å². The number of hydrogen-bond acceptors (Lipinski definition) is 4. The maximum atomic E-state index is 12.3. The average molecular weight is 361 g/mol. The zero-order valence-electron chi connectivity index (χ0n) is 10.1. The third-order valence-corrected chi connectivity index (χ3v) is 4.91. The normalized spacial score (nSPS) is 10.5. The molecule has 0 radical (unpaired) electrons. The lowest BCUT2D eigenvalue weighted by Crippen LogP contribution is -2.02.